The predicted octanol–water partition coefficient (Wildman–Crippen LogP) is 2.59. The maximum absolute atomic E-state index is 13.3. The van der Waals surface area contributed by atoms with Gasteiger partial charge in [0.15, 0.2) is 0 Å². The highest BCUT2D eigenvalue weighted by Gasteiger charge is 2.52. The zero-order valence-corrected chi connectivity index (χ0v) is 16.1. The number of piperidine rings is 1. The first-order valence-corrected chi connectivity index (χ1v) is 9.35. The van der Waals surface area contributed by atoms with Gasteiger partial charge in [0, 0.05) is 31.8 Å². The van der Waals surface area contributed by atoms with Gasteiger partial charge in [0.2, 0.25) is 5.91 Å². The van der Waals surface area contributed by atoms with E-state index < -0.39 is 5.54 Å². The molecule has 0 radical (unpaired) electrons. The highest BCUT2D eigenvalue weighted by molar-refractivity contribution is 6.31. The number of nitrogens with zero attached hydrogens (tertiary/aromatic N) is 2. The van der Waals surface area contributed by atoms with Gasteiger partial charge in [0.25, 0.3) is 5.91 Å². The number of rotatable bonds is 5. The molecule has 26 heavy (non-hydrogen) atoms. The average Bonchev–Trinajstić information content (AvgIpc) is 3.07. The first-order valence-electron chi connectivity index (χ1n) is 8.97. The van der Waals surface area contributed by atoms with Gasteiger partial charge in [-0.2, -0.15) is 0 Å². The van der Waals surface area contributed by atoms with Crippen molar-refractivity contribution in [3.05, 3.63) is 28.8 Å². The number of carbonyl (C=O) groups excluding carboxylic acids is 2. The molecule has 0 saturated carbocycles. The summed E-state index contributed by atoms with van der Waals surface area (Å²) < 4.78 is 10.5. The highest BCUT2D eigenvalue weighted by Crippen LogP contribution is 2.40. The molecule has 2 fully saturated rings. The second kappa shape index (κ2) is 7.84. The number of amides is 2. The van der Waals surface area contributed by atoms with E-state index in [2.05, 4.69) is 0 Å². The lowest BCUT2D eigenvalue weighted by Gasteiger charge is -2.44. The Hall–Kier alpha value is -1.79. The molecule has 2 heterocycles. The minimum absolute atomic E-state index is 0.0349. The van der Waals surface area contributed by atoms with Gasteiger partial charge in [-0.1, -0.05) is 11.6 Å². The van der Waals surface area contributed by atoms with Crippen LogP contribution in [0.15, 0.2) is 18.2 Å². The molecule has 0 N–H and O–H groups in total. The van der Waals surface area contributed by atoms with Gasteiger partial charge in [-0.15, -0.1) is 0 Å². The summed E-state index contributed by atoms with van der Waals surface area (Å²) in [4.78, 5) is 30.1. The largest absolute Gasteiger partial charge is 0.496 e. The van der Waals surface area contributed by atoms with E-state index in [1.807, 2.05) is 4.90 Å². The summed E-state index contributed by atoms with van der Waals surface area (Å²) >= 11 is 6.10. The van der Waals surface area contributed by atoms with Crippen LogP contribution in [0.3, 0.4) is 0 Å². The van der Waals surface area contributed by atoms with Crippen molar-refractivity contribution < 1.29 is 19.1 Å². The van der Waals surface area contributed by atoms with Crippen molar-refractivity contribution in [2.45, 2.75) is 31.2 Å². The molecule has 1 aromatic carbocycles. The molecule has 1 spiro atoms. The lowest BCUT2D eigenvalue weighted by atomic mass is 9.85. The first-order chi connectivity index (χ1) is 12.5. The molecule has 7 heteroatoms. The number of ether oxygens (including phenoxy) is 2. The summed E-state index contributed by atoms with van der Waals surface area (Å²) in [5, 5.41) is 0.471. The Morgan fingerprint density at radius 3 is 2.65 bits per heavy atom. The normalized spacial score (nSPS) is 23.0. The van der Waals surface area contributed by atoms with E-state index in [0.29, 0.717) is 55.4 Å². The number of methoxy groups -OCH3 is 2. The molecule has 0 aliphatic carbocycles. The maximum atomic E-state index is 13.3. The third-order valence-corrected chi connectivity index (χ3v) is 5.63. The monoisotopic (exact) mass is 380 g/mol. The number of hydrogen-bond acceptors (Lipinski definition) is 4. The lowest BCUT2D eigenvalue weighted by molar-refractivity contribution is -0.146. The fraction of sp³-hybridized carbons (Fsp3) is 0.579. The standard InChI is InChI=1S/C19H25ClN2O4/c1-25-12-11-21-9-3-7-19(18(21)24)8-4-10-22(19)17(23)15-13-14(20)5-6-16(15)26-2/h5-6,13H,3-4,7-12H2,1-2H3. The van der Waals surface area contributed by atoms with Gasteiger partial charge < -0.3 is 19.3 Å². The van der Waals surface area contributed by atoms with E-state index in [4.69, 9.17) is 21.1 Å². The van der Waals surface area contributed by atoms with Gasteiger partial charge in [-0.25, -0.2) is 0 Å². The van der Waals surface area contributed by atoms with Crippen LogP contribution < -0.4 is 4.74 Å². The molecule has 1 atom stereocenters. The number of halogens is 1. The molecular weight excluding hydrogens is 356 g/mol. The number of carbonyl (C=O) groups is 2. The van der Waals surface area contributed by atoms with Gasteiger partial charge in [0.1, 0.15) is 11.3 Å². The van der Waals surface area contributed by atoms with Crippen molar-refractivity contribution in [2.24, 2.45) is 0 Å². The van der Waals surface area contributed by atoms with E-state index in [9.17, 15) is 9.59 Å². The quantitative estimate of drug-likeness (QED) is 0.787. The van der Waals surface area contributed by atoms with E-state index in [1.54, 1.807) is 30.2 Å². The fourth-order valence-electron chi connectivity index (χ4n) is 4.13. The molecule has 2 aliphatic heterocycles. The Balaban J connectivity index is 1.91. The molecule has 3 rings (SSSR count). The molecule has 142 valence electrons. The zero-order valence-electron chi connectivity index (χ0n) is 15.3. The second-order valence-electron chi connectivity index (χ2n) is 6.83. The van der Waals surface area contributed by atoms with Crippen molar-refractivity contribution in [3.63, 3.8) is 0 Å². The van der Waals surface area contributed by atoms with Crippen molar-refractivity contribution in [1.82, 2.24) is 9.80 Å². The molecular formula is C19H25ClN2O4. The Morgan fingerprint density at radius 1 is 1.23 bits per heavy atom. The predicted molar refractivity (Wildman–Crippen MR) is 98.7 cm³/mol. The summed E-state index contributed by atoms with van der Waals surface area (Å²) in [6.07, 6.45) is 3.10. The second-order valence-corrected chi connectivity index (χ2v) is 7.26. The van der Waals surface area contributed by atoms with Crippen LogP contribution in [0.2, 0.25) is 5.02 Å². The van der Waals surface area contributed by atoms with E-state index in [1.165, 1.54) is 7.11 Å². The van der Waals surface area contributed by atoms with Gasteiger partial charge in [-0.05, 0) is 43.9 Å². The van der Waals surface area contributed by atoms with E-state index in [0.717, 1.165) is 12.8 Å². The van der Waals surface area contributed by atoms with Gasteiger partial charge >= 0.3 is 0 Å². The van der Waals surface area contributed by atoms with Crippen LogP contribution in [0.25, 0.3) is 0 Å². The summed E-state index contributed by atoms with van der Waals surface area (Å²) in [5.74, 6) is 0.317. The summed E-state index contributed by atoms with van der Waals surface area (Å²) in [7, 11) is 3.15. The molecule has 1 aromatic rings. The maximum Gasteiger partial charge on any atom is 0.258 e. The van der Waals surface area contributed by atoms with Crippen LogP contribution in [-0.2, 0) is 9.53 Å². The molecule has 1 unspecified atom stereocenters. The SMILES string of the molecule is COCCN1CCCC2(CCCN2C(=O)c2cc(Cl)ccc2OC)C1=O. The number of hydrogen-bond donors (Lipinski definition) is 0. The van der Waals surface area contributed by atoms with Gasteiger partial charge in [-0.3, -0.25) is 9.59 Å². The third-order valence-electron chi connectivity index (χ3n) is 5.39. The first kappa shape index (κ1) is 19.0. The molecule has 2 saturated heterocycles. The zero-order chi connectivity index (χ0) is 18.7. The highest BCUT2D eigenvalue weighted by atomic mass is 35.5. The number of likely N-dealkylation sites (tertiary alicyclic amines) is 2. The van der Waals surface area contributed by atoms with Gasteiger partial charge in [0.05, 0.1) is 19.3 Å². The minimum atomic E-state index is -0.754. The third kappa shape index (κ3) is 3.28. The minimum Gasteiger partial charge on any atom is -0.496 e. The summed E-state index contributed by atoms with van der Waals surface area (Å²) in [6.45, 7) is 2.34. The van der Waals surface area contributed by atoms with Crippen LogP contribution in [0.1, 0.15) is 36.0 Å². The van der Waals surface area contributed by atoms with Crippen LogP contribution in [0, 0.1) is 0 Å². The van der Waals surface area contributed by atoms with Crippen molar-refractivity contribution in [2.75, 3.05) is 40.5 Å². The fourth-order valence-corrected chi connectivity index (χ4v) is 4.30. The molecule has 2 aliphatic rings. The Bertz CT molecular complexity index is 696. The topological polar surface area (TPSA) is 59.1 Å². The lowest BCUT2D eigenvalue weighted by Crippen LogP contribution is -2.61. The van der Waals surface area contributed by atoms with Crippen LogP contribution >= 0.6 is 11.6 Å². The smallest absolute Gasteiger partial charge is 0.258 e. The van der Waals surface area contributed by atoms with Crippen LogP contribution in [-0.4, -0.2) is 67.6 Å². The van der Waals surface area contributed by atoms with Crippen LogP contribution in [0.5, 0.6) is 5.75 Å². The summed E-state index contributed by atoms with van der Waals surface area (Å²) in [6, 6.07) is 4.99. The molecule has 6 nitrogen and oxygen atoms in total. The average molecular weight is 381 g/mol. The summed E-state index contributed by atoms with van der Waals surface area (Å²) in [5.41, 5.74) is -0.348. The Kier molecular flexibility index (Phi) is 5.73. The van der Waals surface area contributed by atoms with Crippen molar-refractivity contribution in [1.29, 1.82) is 0 Å². The Labute approximate surface area is 159 Å². The molecule has 0 bridgehead atoms. The Morgan fingerprint density at radius 2 is 1.96 bits per heavy atom. The van der Waals surface area contributed by atoms with Crippen molar-refractivity contribution >= 4 is 23.4 Å². The molecule has 0 aromatic heterocycles. The molecule has 2 amide bonds. The van der Waals surface area contributed by atoms with E-state index >= 15 is 0 Å². The van der Waals surface area contributed by atoms with E-state index in [-0.39, 0.29) is 11.8 Å². The number of benzene rings is 1. The van der Waals surface area contributed by atoms with Crippen LogP contribution in [0.4, 0.5) is 0 Å². The van der Waals surface area contributed by atoms with Crippen molar-refractivity contribution in [3.8, 4) is 5.75 Å².